The first-order valence-corrected chi connectivity index (χ1v) is 8.50. The van der Waals surface area contributed by atoms with Gasteiger partial charge in [0.2, 0.25) is 0 Å². The normalized spacial score (nSPS) is 11.7. The maximum atomic E-state index is 12.0. The quantitative estimate of drug-likeness (QED) is 0.765. The number of hydrogen-bond acceptors (Lipinski definition) is 5. The number of hydrogen-bond donors (Lipinski definition) is 2. The Morgan fingerprint density at radius 1 is 1.33 bits per heavy atom. The van der Waals surface area contributed by atoms with E-state index in [2.05, 4.69) is 46.7 Å². The Bertz CT molecular complexity index is 876. The van der Waals surface area contributed by atoms with Crippen molar-refractivity contribution in [1.29, 1.82) is 0 Å². The fourth-order valence-corrected chi connectivity index (χ4v) is 3.15. The molecule has 126 valence electrons. The number of benzene rings is 1. The highest BCUT2D eigenvalue weighted by Crippen LogP contribution is 2.23. The molecule has 0 aliphatic carbocycles. The van der Waals surface area contributed by atoms with Crippen molar-refractivity contribution in [2.75, 3.05) is 5.32 Å². The molecule has 8 heteroatoms. The molecule has 0 fully saturated rings. The molecule has 2 N–H and O–H groups in total. The van der Waals surface area contributed by atoms with Crippen molar-refractivity contribution >= 4 is 34.1 Å². The van der Waals surface area contributed by atoms with Crippen molar-refractivity contribution in [3.05, 3.63) is 34.3 Å². The minimum absolute atomic E-state index is 0.0170. The number of carbonyl (C=O) groups excluding carboxylic acids is 1. The topological polar surface area (TPSA) is 84.7 Å². The lowest BCUT2D eigenvalue weighted by Crippen LogP contribution is -2.28. The van der Waals surface area contributed by atoms with Crippen LogP contribution in [0.25, 0.3) is 11.0 Å². The smallest absolute Gasteiger partial charge is 0.319 e. The zero-order valence-corrected chi connectivity index (χ0v) is 14.9. The van der Waals surface area contributed by atoms with Crippen LogP contribution in [0.15, 0.2) is 23.6 Å². The third-order valence-electron chi connectivity index (χ3n) is 3.59. The molecule has 2 aromatic heterocycles. The van der Waals surface area contributed by atoms with Crippen LogP contribution in [0.4, 0.5) is 10.5 Å². The van der Waals surface area contributed by atoms with Crippen molar-refractivity contribution < 1.29 is 4.79 Å². The Balaban J connectivity index is 1.59. The molecule has 0 bridgehead atoms. The molecule has 0 saturated carbocycles. The number of anilines is 1. The highest BCUT2D eigenvalue weighted by Gasteiger charge is 2.17. The van der Waals surface area contributed by atoms with Gasteiger partial charge in [0.1, 0.15) is 10.5 Å². The van der Waals surface area contributed by atoms with Crippen molar-refractivity contribution in [3.8, 4) is 0 Å². The summed E-state index contributed by atoms with van der Waals surface area (Å²) in [5, 5.41) is 16.5. The van der Waals surface area contributed by atoms with E-state index in [-0.39, 0.29) is 11.4 Å². The second kappa shape index (κ2) is 6.20. The molecule has 24 heavy (non-hydrogen) atoms. The van der Waals surface area contributed by atoms with Crippen LogP contribution in [0.5, 0.6) is 0 Å². The van der Waals surface area contributed by atoms with E-state index >= 15 is 0 Å². The summed E-state index contributed by atoms with van der Waals surface area (Å²) >= 11 is 1.55. The molecule has 7 nitrogen and oxygen atoms in total. The molecule has 0 atom stereocenters. The number of rotatable bonds is 3. The molecule has 3 rings (SSSR count). The van der Waals surface area contributed by atoms with Gasteiger partial charge in [0.05, 0.1) is 17.8 Å². The molecule has 0 radical (unpaired) electrons. The van der Waals surface area contributed by atoms with Gasteiger partial charge in [-0.15, -0.1) is 16.4 Å². The summed E-state index contributed by atoms with van der Waals surface area (Å²) in [6, 6.07) is 5.22. The van der Waals surface area contributed by atoms with Gasteiger partial charge in [0.25, 0.3) is 0 Å². The van der Waals surface area contributed by atoms with Crippen LogP contribution >= 0.6 is 11.3 Å². The van der Waals surface area contributed by atoms with Gasteiger partial charge in [-0.3, -0.25) is 0 Å². The maximum Gasteiger partial charge on any atom is 0.319 e. The summed E-state index contributed by atoms with van der Waals surface area (Å²) in [5.74, 6) is 0. The van der Waals surface area contributed by atoms with Gasteiger partial charge in [0, 0.05) is 23.5 Å². The molecule has 0 spiro atoms. The molecular weight excluding hydrogens is 324 g/mol. The van der Waals surface area contributed by atoms with E-state index in [1.807, 2.05) is 24.6 Å². The average molecular weight is 344 g/mol. The number of nitrogens with one attached hydrogen (secondary N) is 2. The van der Waals surface area contributed by atoms with Gasteiger partial charge in [-0.05, 0) is 18.2 Å². The summed E-state index contributed by atoms with van der Waals surface area (Å²) < 4.78 is 1.69. The minimum atomic E-state index is -0.272. The standard InChI is InChI=1S/C16H20N6OS/c1-16(2,3)13-9-24-14(19-13)8-17-15(23)18-10-5-6-12-11(7-10)20-21-22(12)4/h5-7,9H,8H2,1-4H3,(H2,17,18,23). The van der Waals surface area contributed by atoms with Crippen molar-refractivity contribution in [2.24, 2.45) is 7.05 Å². The highest BCUT2D eigenvalue weighted by atomic mass is 32.1. The number of nitrogens with zero attached hydrogens (tertiary/aromatic N) is 4. The molecular formula is C16H20N6OS. The molecule has 2 amide bonds. The van der Waals surface area contributed by atoms with Gasteiger partial charge in [0.15, 0.2) is 0 Å². The molecule has 1 aromatic carbocycles. The fourth-order valence-electron chi connectivity index (χ4n) is 2.19. The van der Waals surface area contributed by atoms with Gasteiger partial charge in [-0.25, -0.2) is 14.5 Å². The number of amides is 2. The Labute approximate surface area is 144 Å². The number of aromatic nitrogens is 4. The number of aryl methyl sites for hydroxylation is 1. The molecule has 0 unspecified atom stereocenters. The molecule has 0 aliphatic rings. The van der Waals surface area contributed by atoms with E-state index in [0.717, 1.165) is 21.7 Å². The molecule has 2 heterocycles. The van der Waals surface area contributed by atoms with Crippen molar-refractivity contribution in [1.82, 2.24) is 25.3 Å². The van der Waals surface area contributed by atoms with E-state index in [1.165, 1.54) is 0 Å². The van der Waals surface area contributed by atoms with Crippen LogP contribution in [0.1, 0.15) is 31.5 Å². The molecule has 0 aliphatic heterocycles. The predicted molar refractivity (Wildman–Crippen MR) is 95.2 cm³/mol. The lowest BCUT2D eigenvalue weighted by atomic mass is 9.93. The summed E-state index contributed by atoms with van der Waals surface area (Å²) in [7, 11) is 1.83. The van der Waals surface area contributed by atoms with Crippen molar-refractivity contribution in [2.45, 2.75) is 32.7 Å². The first-order valence-electron chi connectivity index (χ1n) is 7.62. The number of thiazole rings is 1. The summed E-state index contributed by atoms with van der Waals surface area (Å²) in [5.41, 5.74) is 3.39. The Kier molecular flexibility index (Phi) is 4.23. The maximum absolute atomic E-state index is 12.0. The zero-order valence-electron chi connectivity index (χ0n) is 14.1. The lowest BCUT2D eigenvalue weighted by Gasteiger charge is -2.14. The zero-order chi connectivity index (χ0) is 17.3. The Morgan fingerprint density at radius 2 is 2.12 bits per heavy atom. The van der Waals surface area contributed by atoms with Gasteiger partial charge in [-0.2, -0.15) is 0 Å². The number of urea groups is 1. The van der Waals surface area contributed by atoms with Crippen LogP contribution < -0.4 is 10.6 Å². The SMILES string of the molecule is Cn1nnc2cc(NC(=O)NCc3nc(C(C)(C)C)cs3)ccc21. The summed E-state index contributed by atoms with van der Waals surface area (Å²) in [6.07, 6.45) is 0. The fraction of sp³-hybridized carbons (Fsp3) is 0.375. The van der Waals surface area contributed by atoms with Crippen LogP contribution in [-0.2, 0) is 19.0 Å². The average Bonchev–Trinajstić information content (AvgIpc) is 3.12. The number of carbonyl (C=O) groups is 1. The Hall–Kier alpha value is -2.48. The third-order valence-corrected chi connectivity index (χ3v) is 4.44. The van der Waals surface area contributed by atoms with Gasteiger partial charge in [-0.1, -0.05) is 26.0 Å². The summed E-state index contributed by atoms with van der Waals surface area (Å²) in [4.78, 5) is 16.6. The minimum Gasteiger partial charge on any atom is -0.331 e. The van der Waals surface area contributed by atoms with E-state index in [1.54, 1.807) is 22.1 Å². The van der Waals surface area contributed by atoms with Crippen LogP contribution in [0.3, 0.4) is 0 Å². The lowest BCUT2D eigenvalue weighted by molar-refractivity contribution is 0.251. The van der Waals surface area contributed by atoms with Crippen LogP contribution in [0, 0.1) is 0 Å². The first-order chi connectivity index (χ1) is 11.3. The largest absolute Gasteiger partial charge is 0.331 e. The second-order valence-corrected chi connectivity index (χ2v) is 7.54. The summed E-state index contributed by atoms with van der Waals surface area (Å²) in [6.45, 7) is 6.76. The monoisotopic (exact) mass is 344 g/mol. The second-order valence-electron chi connectivity index (χ2n) is 6.60. The van der Waals surface area contributed by atoms with Crippen molar-refractivity contribution in [3.63, 3.8) is 0 Å². The van der Waals surface area contributed by atoms with Crippen LogP contribution in [0.2, 0.25) is 0 Å². The van der Waals surface area contributed by atoms with Gasteiger partial charge >= 0.3 is 6.03 Å². The van der Waals surface area contributed by atoms with E-state index in [9.17, 15) is 4.79 Å². The number of fused-ring (bicyclic) bond motifs is 1. The molecule has 3 aromatic rings. The molecule has 0 saturated heterocycles. The Morgan fingerprint density at radius 3 is 2.83 bits per heavy atom. The first kappa shape index (κ1) is 16.4. The van der Waals surface area contributed by atoms with E-state index in [0.29, 0.717) is 12.2 Å². The van der Waals surface area contributed by atoms with E-state index in [4.69, 9.17) is 0 Å². The predicted octanol–water partition coefficient (Wildman–Crippen LogP) is 3.04. The van der Waals surface area contributed by atoms with Gasteiger partial charge < -0.3 is 10.6 Å². The third kappa shape index (κ3) is 3.53. The highest BCUT2D eigenvalue weighted by molar-refractivity contribution is 7.09. The van der Waals surface area contributed by atoms with Crippen LogP contribution in [-0.4, -0.2) is 26.0 Å². The van der Waals surface area contributed by atoms with E-state index < -0.39 is 0 Å².